The van der Waals surface area contributed by atoms with Crippen LogP contribution in [0.15, 0.2) is 77.6 Å². The van der Waals surface area contributed by atoms with E-state index in [4.69, 9.17) is 9.47 Å². The van der Waals surface area contributed by atoms with Gasteiger partial charge in [0.15, 0.2) is 0 Å². The van der Waals surface area contributed by atoms with Crippen LogP contribution in [-0.4, -0.2) is 41.8 Å². The summed E-state index contributed by atoms with van der Waals surface area (Å²) >= 11 is 0. The summed E-state index contributed by atoms with van der Waals surface area (Å²) in [5.74, 6) is 0.791. The Labute approximate surface area is 277 Å². The van der Waals surface area contributed by atoms with Crippen LogP contribution < -0.4 is 15.6 Å². The fourth-order valence-corrected chi connectivity index (χ4v) is 5.82. The summed E-state index contributed by atoms with van der Waals surface area (Å²) in [6, 6.07) is 20.9. The van der Waals surface area contributed by atoms with Crippen molar-refractivity contribution in [2.45, 2.75) is 52.3 Å². The number of benzene rings is 3. The highest BCUT2D eigenvalue weighted by atomic mass is 19.4. The third kappa shape index (κ3) is 8.63. The third-order valence-electron chi connectivity index (χ3n) is 8.31. The van der Waals surface area contributed by atoms with Crippen LogP contribution in [-0.2, 0) is 17.5 Å². The minimum absolute atomic E-state index is 0.0125. The van der Waals surface area contributed by atoms with Crippen molar-refractivity contribution < 1.29 is 27.4 Å². The average Bonchev–Trinajstić information content (AvgIpc) is 3.05. The van der Waals surface area contributed by atoms with E-state index in [9.17, 15) is 28.0 Å². The monoisotopic (exact) mass is 658 g/mol. The maximum Gasteiger partial charge on any atom is 0.417 e. The van der Waals surface area contributed by atoms with E-state index in [-0.39, 0.29) is 12.2 Å². The van der Waals surface area contributed by atoms with Gasteiger partial charge in [0.2, 0.25) is 0 Å². The van der Waals surface area contributed by atoms with Crippen LogP contribution in [0.1, 0.15) is 53.5 Å². The summed E-state index contributed by atoms with van der Waals surface area (Å²) in [6.07, 6.45) is -1.02. The number of alkyl halides is 3. The molecule has 8 nitrogen and oxygen atoms in total. The molecule has 1 N–H and O–H groups in total. The third-order valence-corrected chi connectivity index (χ3v) is 8.31. The second-order valence-corrected chi connectivity index (χ2v) is 11.9. The quantitative estimate of drug-likeness (QED) is 0.172. The van der Waals surface area contributed by atoms with Gasteiger partial charge in [-0.3, -0.25) is 10.1 Å². The topological polar surface area (TPSA) is 96.6 Å². The molecule has 3 aromatic carbocycles. The minimum Gasteiger partial charge on any atom is -0.457 e. The zero-order valence-electron chi connectivity index (χ0n) is 26.9. The zero-order valence-corrected chi connectivity index (χ0v) is 26.9. The van der Waals surface area contributed by atoms with Gasteiger partial charge >= 0.3 is 12.3 Å². The standard InChI is InChI=1S/C37H37F3N4O4/c1-25-10-11-28(26(2)20-25)24-44-34(22-33(37(38,39)40)32(23-41)35(44)45)27-12-14-30(15-13-27)48-31-9-6-8-29(21-31)42-36(46)47-19-7-18-43-16-4-3-5-17-43/h6,8-15,20-22H,3-5,7,16-19,24H2,1-2H3,(H,42,46). The number of anilines is 1. The predicted molar refractivity (Wildman–Crippen MR) is 177 cm³/mol. The maximum absolute atomic E-state index is 14.0. The van der Waals surface area contributed by atoms with E-state index >= 15 is 0 Å². The first kappa shape index (κ1) is 34.3. The van der Waals surface area contributed by atoms with E-state index in [1.807, 2.05) is 32.0 Å². The van der Waals surface area contributed by atoms with Gasteiger partial charge in [0.1, 0.15) is 23.1 Å². The normalized spacial score (nSPS) is 13.5. The Morgan fingerprint density at radius 1 is 0.958 bits per heavy atom. The summed E-state index contributed by atoms with van der Waals surface area (Å²) in [7, 11) is 0. The molecular formula is C37H37F3N4O4. The number of hydrogen-bond acceptors (Lipinski definition) is 6. The Kier molecular flexibility index (Phi) is 10.9. The van der Waals surface area contributed by atoms with Crippen LogP contribution in [0.5, 0.6) is 11.5 Å². The highest BCUT2D eigenvalue weighted by Gasteiger charge is 2.36. The number of aromatic nitrogens is 1. The molecule has 5 rings (SSSR count). The number of carbonyl (C=O) groups excluding carboxylic acids is 1. The predicted octanol–water partition coefficient (Wildman–Crippen LogP) is 8.29. The molecule has 1 amide bonds. The zero-order chi connectivity index (χ0) is 34.3. The number of ether oxygens (including phenoxy) is 2. The molecule has 0 radical (unpaired) electrons. The van der Waals surface area contributed by atoms with Crippen LogP contribution in [0.4, 0.5) is 23.7 Å². The van der Waals surface area contributed by atoms with Crippen LogP contribution in [0.2, 0.25) is 0 Å². The van der Waals surface area contributed by atoms with Crippen LogP contribution >= 0.6 is 0 Å². The molecule has 1 fully saturated rings. The van der Waals surface area contributed by atoms with Crippen molar-refractivity contribution in [2.24, 2.45) is 0 Å². The number of carbonyl (C=O) groups is 1. The van der Waals surface area contributed by atoms with Gasteiger partial charge < -0.3 is 18.9 Å². The first-order chi connectivity index (χ1) is 23.0. The second-order valence-electron chi connectivity index (χ2n) is 11.9. The molecule has 11 heteroatoms. The Bertz CT molecular complexity index is 1860. The lowest BCUT2D eigenvalue weighted by Gasteiger charge is -2.26. The van der Waals surface area contributed by atoms with Gasteiger partial charge in [-0.1, -0.05) is 36.2 Å². The number of hydrogen-bond donors (Lipinski definition) is 1. The molecule has 1 aliphatic heterocycles. The molecule has 0 unspecified atom stereocenters. The van der Waals surface area contributed by atoms with E-state index in [2.05, 4.69) is 10.2 Å². The molecular weight excluding hydrogens is 621 g/mol. The van der Waals surface area contributed by atoms with Gasteiger partial charge in [-0.2, -0.15) is 18.4 Å². The van der Waals surface area contributed by atoms with Crippen LogP contribution in [0.3, 0.4) is 0 Å². The number of nitriles is 1. The van der Waals surface area contributed by atoms with E-state index < -0.39 is 29.0 Å². The number of likely N-dealkylation sites (tertiary alicyclic amines) is 1. The van der Waals surface area contributed by atoms with E-state index in [1.54, 1.807) is 48.5 Å². The van der Waals surface area contributed by atoms with Crippen LogP contribution in [0.25, 0.3) is 11.3 Å². The first-order valence-electron chi connectivity index (χ1n) is 15.9. The highest BCUT2D eigenvalue weighted by molar-refractivity contribution is 5.84. The lowest BCUT2D eigenvalue weighted by Crippen LogP contribution is -2.31. The van der Waals surface area contributed by atoms with Crippen molar-refractivity contribution in [3.05, 3.63) is 111 Å². The number of amides is 1. The van der Waals surface area contributed by atoms with Crippen LogP contribution in [0, 0.1) is 25.2 Å². The van der Waals surface area contributed by atoms with E-state index in [1.165, 1.54) is 29.9 Å². The number of pyridine rings is 1. The molecule has 250 valence electrons. The number of rotatable bonds is 10. The lowest BCUT2D eigenvalue weighted by molar-refractivity contribution is -0.137. The van der Waals surface area contributed by atoms with Gasteiger partial charge in [0.25, 0.3) is 5.56 Å². The van der Waals surface area contributed by atoms with E-state index in [0.717, 1.165) is 48.8 Å². The fraction of sp³-hybridized carbons (Fsp3) is 0.324. The Hall–Kier alpha value is -5.08. The fourth-order valence-electron chi connectivity index (χ4n) is 5.82. The maximum atomic E-state index is 14.0. The molecule has 0 aliphatic carbocycles. The highest BCUT2D eigenvalue weighted by Crippen LogP contribution is 2.35. The number of nitrogens with one attached hydrogen (secondary N) is 1. The van der Waals surface area contributed by atoms with Crippen molar-refractivity contribution in [1.29, 1.82) is 5.26 Å². The number of halogens is 3. The average molecular weight is 659 g/mol. The Balaban J connectivity index is 1.31. The largest absolute Gasteiger partial charge is 0.457 e. The van der Waals surface area contributed by atoms with Gasteiger partial charge in [-0.15, -0.1) is 0 Å². The van der Waals surface area contributed by atoms with Gasteiger partial charge in [-0.05, 0) is 105 Å². The van der Waals surface area contributed by atoms with Gasteiger partial charge in [0.05, 0.1) is 24.4 Å². The van der Waals surface area contributed by atoms with E-state index in [0.29, 0.717) is 29.4 Å². The number of aryl methyl sites for hydroxylation is 2. The number of nitrogens with zero attached hydrogens (tertiary/aromatic N) is 3. The number of piperidine rings is 1. The van der Waals surface area contributed by atoms with Crippen molar-refractivity contribution in [3.63, 3.8) is 0 Å². The van der Waals surface area contributed by atoms with Gasteiger partial charge in [-0.25, -0.2) is 4.79 Å². The van der Waals surface area contributed by atoms with Crippen molar-refractivity contribution in [2.75, 3.05) is 31.6 Å². The van der Waals surface area contributed by atoms with Crippen molar-refractivity contribution in [3.8, 4) is 28.8 Å². The molecule has 1 aromatic heterocycles. The Morgan fingerprint density at radius 2 is 1.71 bits per heavy atom. The second kappa shape index (κ2) is 15.2. The summed E-state index contributed by atoms with van der Waals surface area (Å²) < 4.78 is 54.5. The first-order valence-corrected chi connectivity index (χ1v) is 15.9. The molecule has 0 atom stereocenters. The summed E-state index contributed by atoms with van der Waals surface area (Å²) in [6.45, 7) is 7.14. The molecule has 0 saturated carbocycles. The molecule has 1 aliphatic rings. The van der Waals surface area contributed by atoms with Crippen molar-refractivity contribution >= 4 is 11.8 Å². The Morgan fingerprint density at radius 3 is 2.40 bits per heavy atom. The summed E-state index contributed by atoms with van der Waals surface area (Å²) in [4.78, 5) is 28.1. The molecule has 0 spiro atoms. The smallest absolute Gasteiger partial charge is 0.417 e. The summed E-state index contributed by atoms with van der Waals surface area (Å²) in [5, 5.41) is 12.2. The summed E-state index contributed by atoms with van der Waals surface area (Å²) in [5.41, 5.74) is 0.166. The minimum atomic E-state index is -4.90. The molecule has 4 aromatic rings. The van der Waals surface area contributed by atoms with Gasteiger partial charge in [0, 0.05) is 18.3 Å². The molecule has 1 saturated heterocycles. The molecule has 2 heterocycles. The lowest BCUT2D eigenvalue weighted by atomic mass is 10.0. The molecule has 48 heavy (non-hydrogen) atoms. The molecule has 0 bridgehead atoms. The van der Waals surface area contributed by atoms with Crippen molar-refractivity contribution in [1.82, 2.24) is 9.47 Å². The SMILES string of the molecule is Cc1ccc(Cn2c(-c3ccc(Oc4cccc(NC(=O)OCCCN5CCCCC5)c4)cc3)cc(C(F)(F)F)c(C#N)c2=O)c(C)c1.